The third-order valence-corrected chi connectivity index (χ3v) is 8.66. The van der Waals surface area contributed by atoms with E-state index in [2.05, 4.69) is 15.9 Å². The number of benzene rings is 4. The molecule has 0 saturated carbocycles. The molecular formula is C32H23BrCl2N2O5S. The number of rotatable bonds is 9. The summed E-state index contributed by atoms with van der Waals surface area (Å²) >= 11 is 17.2. The fourth-order valence-electron chi connectivity index (χ4n) is 4.15. The van der Waals surface area contributed by atoms with Gasteiger partial charge in [0, 0.05) is 20.1 Å². The van der Waals surface area contributed by atoms with E-state index in [1.54, 1.807) is 60.6 Å². The Labute approximate surface area is 270 Å². The summed E-state index contributed by atoms with van der Waals surface area (Å²) in [4.78, 5) is 31.8. The first-order valence-corrected chi connectivity index (χ1v) is 15.2. The van der Waals surface area contributed by atoms with Crippen LogP contribution in [0.4, 0.5) is 5.69 Å². The molecular weight excluding hydrogens is 675 g/mol. The zero-order valence-electron chi connectivity index (χ0n) is 22.6. The second-order valence-electron chi connectivity index (χ2n) is 9.28. The van der Waals surface area contributed by atoms with Gasteiger partial charge in [0.2, 0.25) is 0 Å². The number of aromatic carboxylic acids is 1. The third-order valence-electron chi connectivity index (χ3n) is 6.38. The molecule has 0 aromatic heterocycles. The number of carboxylic acids is 1. The highest BCUT2D eigenvalue weighted by Gasteiger charge is 2.34. The normalized spacial score (nSPS) is 14.9. The van der Waals surface area contributed by atoms with Gasteiger partial charge in [-0.1, -0.05) is 75.5 Å². The molecule has 43 heavy (non-hydrogen) atoms. The lowest BCUT2D eigenvalue weighted by Crippen LogP contribution is -2.28. The highest BCUT2D eigenvalue weighted by Crippen LogP contribution is 2.39. The van der Waals surface area contributed by atoms with Gasteiger partial charge in [-0.3, -0.25) is 9.69 Å². The van der Waals surface area contributed by atoms with E-state index in [1.165, 1.54) is 23.9 Å². The van der Waals surface area contributed by atoms with Crippen LogP contribution in [0.5, 0.6) is 11.5 Å². The van der Waals surface area contributed by atoms with Gasteiger partial charge >= 0.3 is 5.97 Å². The smallest absolute Gasteiger partial charge is 0.335 e. The summed E-state index contributed by atoms with van der Waals surface area (Å²) in [6.07, 6.45) is 1.77. The van der Waals surface area contributed by atoms with Crippen molar-refractivity contribution in [1.82, 2.24) is 4.90 Å². The van der Waals surface area contributed by atoms with Crippen LogP contribution in [0.15, 0.2) is 99.3 Å². The zero-order valence-corrected chi connectivity index (χ0v) is 26.5. The number of amides is 1. The van der Waals surface area contributed by atoms with Crippen molar-refractivity contribution in [2.75, 3.05) is 7.11 Å². The van der Waals surface area contributed by atoms with Crippen molar-refractivity contribution >= 4 is 79.7 Å². The number of nitrogens with zero attached hydrogens (tertiary/aromatic N) is 2. The van der Waals surface area contributed by atoms with Crippen molar-refractivity contribution < 1.29 is 24.2 Å². The molecule has 1 fully saturated rings. The Balaban J connectivity index is 1.43. The minimum absolute atomic E-state index is 0.173. The average molecular weight is 698 g/mol. The maximum Gasteiger partial charge on any atom is 0.335 e. The summed E-state index contributed by atoms with van der Waals surface area (Å²) in [5.74, 6) is -0.275. The van der Waals surface area contributed by atoms with E-state index in [1.807, 2.05) is 30.3 Å². The highest BCUT2D eigenvalue weighted by atomic mass is 79.9. The minimum Gasteiger partial charge on any atom is -0.493 e. The summed E-state index contributed by atoms with van der Waals surface area (Å²) in [6, 6.07) is 24.6. The predicted molar refractivity (Wildman–Crippen MR) is 175 cm³/mol. The van der Waals surface area contributed by atoms with Crippen LogP contribution in [-0.2, 0) is 17.9 Å². The number of methoxy groups -OCH3 is 1. The van der Waals surface area contributed by atoms with Gasteiger partial charge in [-0.05, 0) is 77.5 Å². The molecule has 4 aromatic carbocycles. The van der Waals surface area contributed by atoms with E-state index < -0.39 is 5.97 Å². The summed E-state index contributed by atoms with van der Waals surface area (Å²) in [5.41, 5.74) is 3.12. The minimum atomic E-state index is -1.01. The van der Waals surface area contributed by atoms with E-state index in [-0.39, 0.29) is 24.6 Å². The van der Waals surface area contributed by atoms with Crippen LogP contribution in [0.3, 0.4) is 0 Å². The van der Waals surface area contributed by atoms with Crippen LogP contribution in [0, 0.1) is 0 Å². The Morgan fingerprint density at radius 2 is 1.77 bits per heavy atom. The van der Waals surface area contributed by atoms with E-state index in [4.69, 9.17) is 37.7 Å². The number of ether oxygens (including phenoxy) is 2. The second-order valence-corrected chi connectivity index (χ2v) is 12.0. The molecule has 4 aromatic rings. The fraction of sp³-hybridized carbons (Fsp3) is 0.0938. The number of thioether (sulfide) groups is 1. The SMILES string of the molecule is COc1cc(/C=C2\SC(=Nc3ccccc3)N(Cc3ccc(C(=O)O)cc3)C2=O)c(Br)cc1OCc1ccc(Cl)cc1Cl. The third kappa shape index (κ3) is 7.43. The van der Waals surface area contributed by atoms with E-state index in [0.29, 0.717) is 47.3 Å². The van der Waals surface area contributed by atoms with E-state index >= 15 is 0 Å². The quantitative estimate of drug-likeness (QED) is 0.176. The van der Waals surface area contributed by atoms with Crippen molar-refractivity contribution in [3.63, 3.8) is 0 Å². The lowest BCUT2D eigenvalue weighted by Gasteiger charge is -2.16. The van der Waals surface area contributed by atoms with Crippen molar-refractivity contribution in [2.24, 2.45) is 4.99 Å². The van der Waals surface area contributed by atoms with Crippen molar-refractivity contribution in [1.29, 1.82) is 0 Å². The first kappa shape index (κ1) is 30.7. The highest BCUT2D eigenvalue weighted by molar-refractivity contribution is 9.10. The first-order chi connectivity index (χ1) is 20.7. The van der Waals surface area contributed by atoms with Crippen LogP contribution >= 0.6 is 50.9 Å². The number of aliphatic imine (C=N–C) groups is 1. The van der Waals surface area contributed by atoms with Crippen LogP contribution in [-0.4, -0.2) is 34.2 Å². The molecule has 1 aliphatic rings. The Kier molecular flexibility index (Phi) is 9.77. The molecule has 0 radical (unpaired) electrons. The van der Waals surface area contributed by atoms with Crippen molar-refractivity contribution in [3.05, 3.63) is 127 Å². The van der Waals surface area contributed by atoms with Crippen molar-refractivity contribution in [3.8, 4) is 11.5 Å². The average Bonchev–Trinajstić information content (AvgIpc) is 3.27. The fourth-order valence-corrected chi connectivity index (χ4v) is 6.04. The molecule has 1 saturated heterocycles. The molecule has 0 spiro atoms. The number of hydrogen-bond acceptors (Lipinski definition) is 6. The van der Waals surface area contributed by atoms with Crippen LogP contribution < -0.4 is 9.47 Å². The van der Waals surface area contributed by atoms with E-state index in [0.717, 1.165) is 11.1 Å². The van der Waals surface area contributed by atoms with Gasteiger partial charge in [-0.25, -0.2) is 9.79 Å². The van der Waals surface area contributed by atoms with Crippen LogP contribution in [0.1, 0.15) is 27.0 Å². The maximum atomic E-state index is 13.7. The van der Waals surface area contributed by atoms with Gasteiger partial charge in [0.1, 0.15) is 6.61 Å². The Morgan fingerprint density at radius 1 is 1.02 bits per heavy atom. The zero-order chi connectivity index (χ0) is 30.5. The number of hydrogen-bond donors (Lipinski definition) is 1. The van der Waals surface area contributed by atoms with E-state index in [9.17, 15) is 14.7 Å². The maximum absolute atomic E-state index is 13.7. The second kappa shape index (κ2) is 13.7. The lowest BCUT2D eigenvalue weighted by molar-refractivity contribution is -0.122. The molecule has 1 heterocycles. The molecule has 1 amide bonds. The molecule has 5 rings (SSSR count). The molecule has 7 nitrogen and oxygen atoms in total. The summed E-state index contributed by atoms with van der Waals surface area (Å²) < 4.78 is 12.3. The Hall–Kier alpha value is -3.76. The summed E-state index contributed by atoms with van der Waals surface area (Å²) in [6.45, 7) is 0.425. The predicted octanol–water partition coefficient (Wildman–Crippen LogP) is 8.85. The van der Waals surface area contributed by atoms with Gasteiger partial charge in [-0.15, -0.1) is 0 Å². The number of carbonyl (C=O) groups excluding carboxylic acids is 1. The summed E-state index contributed by atoms with van der Waals surface area (Å²) in [5, 5.41) is 10.8. The molecule has 1 aliphatic heterocycles. The lowest BCUT2D eigenvalue weighted by atomic mass is 10.1. The van der Waals surface area contributed by atoms with Crippen LogP contribution in [0.25, 0.3) is 6.08 Å². The molecule has 0 bridgehead atoms. The monoisotopic (exact) mass is 696 g/mol. The summed E-state index contributed by atoms with van der Waals surface area (Å²) in [7, 11) is 1.54. The van der Waals surface area contributed by atoms with Gasteiger partial charge in [0.25, 0.3) is 5.91 Å². The molecule has 11 heteroatoms. The molecule has 0 aliphatic carbocycles. The largest absolute Gasteiger partial charge is 0.493 e. The van der Waals surface area contributed by atoms with Crippen LogP contribution in [0.2, 0.25) is 10.0 Å². The number of halogens is 3. The molecule has 218 valence electrons. The Bertz CT molecular complexity index is 1750. The van der Waals surface area contributed by atoms with Crippen molar-refractivity contribution in [2.45, 2.75) is 13.2 Å². The van der Waals surface area contributed by atoms with Gasteiger partial charge in [0.05, 0.1) is 29.8 Å². The standard InChI is InChI=1S/C32H23BrCl2N2O5S/c1-41-27-13-22(25(33)16-28(27)42-18-21-11-12-23(34)15-26(21)35)14-29-30(38)37(17-19-7-9-20(10-8-19)31(39)40)32(43-29)36-24-5-3-2-4-6-24/h2-16H,17-18H2,1H3,(H,39,40)/b29-14-,36-32?. The molecule has 0 atom stereocenters. The molecule has 1 N–H and O–H groups in total. The van der Waals surface area contributed by atoms with Gasteiger partial charge in [0.15, 0.2) is 16.7 Å². The number of carbonyl (C=O) groups is 2. The Morgan fingerprint density at radius 3 is 2.44 bits per heavy atom. The van der Waals surface area contributed by atoms with Gasteiger partial charge < -0.3 is 14.6 Å². The number of carboxylic acid groups (broad SMARTS) is 1. The topological polar surface area (TPSA) is 88.4 Å². The first-order valence-electron chi connectivity index (χ1n) is 12.8. The molecule has 0 unspecified atom stereocenters. The number of amidine groups is 1. The number of para-hydroxylation sites is 1. The van der Waals surface area contributed by atoms with Gasteiger partial charge in [-0.2, -0.15) is 0 Å².